The van der Waals surface area contributed by atoms with E-state index >= 15 is 0 Å². The van der Waals surface area contributed by atoms with Crippen molar-refractivity contribution in [1.82, 2.24) is 31.2 Å². The SMILES string of the molecule is CC.CN/C=C\C(NC)C1=CC(c2cc(C(F)F)ncc2OC)=C(C(=O)NC2NC(C)=C(C#CC3CC3)S2)CN1C. The number of allylic oxidation sites excluding steroid dienone is 4. The Morgan fingerprint density at radius 2 is 2.05 bits per heavy atom. The highest BCUT2D eigenvalue weighted by Gasteiger charge is 2.31. The van der Waals surface area contributed by atoms with Crippen molar-refractivity contribution in [1.29, 1.82) is 0 Å². The third kappa shape index (κ3) is 8.05. The lowest BCUT2D eigenvalue weighted by Crippen LogP contribution is -2.44. The van der Waals surface area contributed by atoms with Crippen LogP contribution in [0.1, 0.15) is 51.3 Å². The van der Waals surface area contributed by atoms with E-state index < -0.39 is 11.9 Å². The van der Waals surface area contributed by atoms with Crippen molar-refractivity contribution >= 4 is 23.2 Å². The minimum absolute atomic E-state index is 0.198. The monoisotopic (exact) mass is 586 g/mol. The Hall–Kier alpha value is -3.49. The van der Waals surface area contributed by atoms with Gasteiger partial charge in [0.2, 0.25) is 0 Å². The minimum Gasteiger partial charge on any atom is -0.494 e. The third-order valence-electron chi connectivity index (χ3n) is 6.59. The van der Waals surface area contributed by atoms with Gasteiger partial charge >= 0.3 is 0 Å². The number of ether oxygens (including phenoxy) is 1. The molecule has 1 saturated carbocycles. The lowest BCUT2D eigenvalue weighted by Gasteiger charge is -2.33. The molecule has 1 aromatic heterocycles. The van der Waals surface area contributed by atoms with Gasteiger partial charge < -0.3 is 30.9 Å². The number of rotatable bonds is 9. The molecule has 4 N–H and O–H groups in total. The molecule has 11 heteroatoms. The second-order valence-corrected chi connectivity index (χ2v) is 10.6. The van der Waals surface area contributed by atoms with Gasteiger partial charge in [-0.25, -0.2) is 8.78 Å². The number of methoxy groups -OCH3 is 1. The first-order chi connectivity index (χ1) is 19.7. The van der Waals surface area contributed by atoms with E-state index in [0.29, 0.717) is 28.4 Å². The summed E-state index contributed by atoms with van der Waals surface area (Å²) in [7, 11) is 6.97. The molecule has 4 rings (SSSR count). The van der Waals surface area contributed by atoms with Crippen molar-refractivity contribution < 1.29 is 18.3 Å². The first-order valence-electron chi connectivity index (χ1n) is 13.7. The van der Waals surface area contributed by atoms with Crippen LogP contribution in [0.25, 0.3) is 5.57 Å². The van der Waals surface area contributed by atoms with Crippen molar-refractivity contribution in [3.05, 3.63) is 63.7 Å². The maximum Gasteiger partial charge on any atom is 0.280 e. The Balaban J connectivity index is 0.00000226. The minimum atomic E-state index is -2.77. The number of pyridine rings is 1. The summed E-state index contributed by atoms with van der Waals surface area (Å²) < 4.78 is 32.8. The van der Waals surface area contributed by atoms with Gasteiger partial charge in [-0.1, -0.05) is 37.5 Å². The van der Waals surface area contributed by atoms with Crippen LogP contribution < -0.4 is 26.0 Å². The zero-order chi connectivity index (χ0) is 30.1. The number of halogens is 2. The van der Waals surface area contributed by atoms with Crippen molar-refractivity contribution in [3.63, 3.8) is 0 Å². The highest BCUT2D eigenvalue weighted by Crippen LogP contribution is 2.37. The number of thioether (sulfide) groups is 1. The van der Waals surface area contributed by atoms with Crippen molar-refractivity contribution in [2.24, 2.45) is 5.92 Å². The van der Waals surface area contributed by atoms with Gasteiger partial charge in [0.25, 0.3) is 12.3 Å². The van der Waals surface area contributed by atoms with Crippen LogP contribution in [0.15, 0.2) is 52.5 Å². The van der Waals surface area contributed by atoms with E-state index in [-0.39, 0.29) is 24.2 Å². The second-order valence-electron chi connectivity index (χ2n) is 9.46. The number of alkyl halides is 2. The second kappa shape index (κ2) is 14.9. The molecule has 222 valence electrons. The first kappa shape index (κ1) is 32.0. The summed E-state index contributed by atoms with van der Waals surface area (Å²) in [6.07, 6.45) is 6.38. The zero-order valence-corrected chi connectivity index (χ0v) is 25.5. The maximum atomic E-state index is 13.7. The lowest BCUT2D eigenvalue weighted by molar-refractivity contribution is -0.117. The number of carbonyl (C=O) groups is 1. The van der Waals surface area contributed by atoms with Gasteiger partial charge in [0.15, 0.2) is 5.50 Å². The van der Waals surface area contributed by atoms with Gasteiger partial charge in [-0.2, -0.15) is 0 Å². The highest BCUT2D eigenvalue weighted by atomic mass is 32.2. The molecule has 1 aliphatic carbocycles. The number of nitrogens with zero attached hydrogens (tertiary/aromatic N) is 2. The molecule has 41 heavy (non-hydrogen) atoms. The van der Waals surface area contributed by atoms with Crippen molar-refractivity contribution in [3.8, 4) is 17.6 Å². The molecule has 3 heterocycles. The number of nitrogens with one attached hydrogen (secondary N) is 4. The van der Waals surface area contributed by atoms with Gasteiger partial charge in [0.05, 0.1) is 24.3 Å². The van der Waals surface area contributed by atoms with E-state index in [0.717, 1.165) is 29.1 Å². The summed E-state index contributed by atoms with van der Waals surface area (Å²) >= 11 is 1.46. The largest absolute Gasteiger partial charge is 0.494 e. The molecule has 0 spiro atoms. The van der Waals surface area contributed by atoms with Gasteiger partial charge in [0, 0.05) is 49.1 Å². The van der Waals surface area contributed by atoms with Gasteiger partial charge in [-0.05, 0) is 56.8 Å². The molecule has 0 saturated heterocycles. The van der Waals surface area contributed by atoms with E-state index in [2.05, 4.69) is 38.1 Å². The number of hydrogen-bond acceptors (Lipinski definition) is 8. The summed E-state index contributed by atoms with van der Waals surface area (Å²) in [4.78, 5) is 20.5. The van der Waals surface area contributed by atoms with Crippen molar-refractivity contribution in [2.45, 2.75) is 51.6 Å². The molecule has 1 aromatic rings. The van der Waals surface area contributed by atoms with E-state index in [9.17, 15) is 13.6 Å². The van der Waals surface area contributed by atoms with E-state index in [1.807, 2.05) is 58.1 Å². The molecule has 8 nitrogen and oxygen atoms in total. The van der Waals surface area contributed by atoms with Gasteiger partial charge in [0.1, 0.15) is 11.4 Å². The topological polar surface area (TPSA) is 90.5 Å². The van der Waals surface area contributed by atoms with E-state index in [1.165, 1.54) is 31.1 Å². The number of carbonyl (C=O) groups excluding carboxylic acids is 1. The molecule has 2 unspecified atom stereocenters. The van der Waals surface area contributed by atoms with Crippen molar-refractivity contribution in [2.75, 3.05) is 34.8 Å². The third-order valence-corrected chi connectivity index (χ3v) is 7.70. The number of aromatic nitrogens is 1. The molecule has 2 atom stereocenters. The Bertz CT molecular complexity index is 1290. The maximum absolute atomic E-state index is 13.7. The van der Waals surface area contributed by atoms with E-state index in [4.69, 9.17) is 4.74 Å². The van der Waals surface area contributed by atoms with Gasteiger partial charge in [-0.3, -0.25) is 9.78 Å². The Kier molecular flexibility index (Phi) is 11.7. The Labute approximate surface area is 246 Å². The predicted octanol–water partition coefficient (Wildman–Crippen LogP) is 4.34. The van der Waals surface area contributed by atoms with Crippen LogP contribution in [-0.4, -0.2) is 62.1 Å². The summed E-state index contributed by atoms with van der Waals surface area (Å²) in [6, 6.07) is 1.10. The molecular weight excluding hydrogens is 546 g/mol. The average Bonchev–Trinajstić information content (AvgIpc) is 3.74. The standard InChI is InChI=1S/C28H34F2N6O2S.C2H6/c1-16-25(9-8-17-6-7-17)39-28(34-16)35-27(37)20-15-36(4)23(21(32-3)10-11-31-2)13-18(20)19-12-22(26(29)30)33-14-24(19)38-5;1-2/h10-14,17,21,26,28,31-32,34H,6-7,15H2,1-5H3,(H,35,37);1-2H3/b11-10-;. The molecular formula is C30H40F2N6O2S. The molecule has 0 bridgehead atoms. The summed E-state index contributed by atoms with van der Waals surface area (Å²) in [5, 5.41) is 12.6. The van der Waals surface area contributed by atoms with Crippen LogP contribution >= 0.6 is 11.8 Å². The molecule has 0 radical (unpaired) electrons. The molecule has 1 amide bonds. The quantitative estimate of drug-likeness (QED) is 0.318. The number of hydrogen-bond donors (Lipinski definition) is 4. The highest BCUT2D eigenvalue weighted by molar-refractivity contribution is 8.04. The molecule has 3 aliphatic rings. The van der Waals surface area contributed by atoms with Crippen LogP contribution in [0.3, 0.4) is 0 Å². The Morgan fingerprint density at radius 1 is 1.32 bits per heavy atom. The summed E-state index contributed by atoms with van der Waals surface area (Å²) in [6.45, 7) is 6.20. The van der Waals surface area contributed by atoms with Crippen LogP contribution in [0, 0.1) is 17.8 Å². The smallest absolute Gasteiger partial charge is 0.280 e. The summed E-state index contributed by atoms with van der Waals surface area (Å²) in [5.74, 6) is 6.95. The van der Waals surface area contributed by atoms with Crippen LogP contribution in [0.2, 0.25) is 0 Å². The summed E-state index contributed by atoms with van der Waals surface area (Å²) in [5.41, 5.74) is 2.29. The average molecular weight is 587 g/mol. The normalized spacial score (nSPS) is 19.2. The molecule has 2 aliphatic heterocycles. The number of amides is 1. The fraction of sp³-hybridized carbons (Fsp3) is 0.467. The molecule has 1 fully saturated rings. The molecule has 0 aromatic carbocycles. The zero-order valence-electron chi connectivity index (χ0n) is 24.7. The Morgan fingerprint density at radius 3 is 2.66 bits per heavy atom. The fourth-order valence-electron chi connectivity index (χ4n) is 4.30. The van der Waals surface area contributed by atoms with Gasteiger partial charge in [-0.15, -0.1) is 0 Å². The number of likely N-dealkylation sites (N-methyl/N-ethyl adjacent to an activating group) is 2. The van der Waals surface area contributed by atoms with Crippen LogP contribution in [0.4, 0.5) is 8.78 Å². The predicted molar refractivity (Wildman–Crippen MR) is 162 cm³/mol. The van der Waals surface area contributed by atoms with Crippen LogP contribution in [0.5, 0.6) is 5.75 Å². The first-order valence-corrected chi connectivity index (χ1v) is 14.6. The lowest BCUT2D eigenvalue weighted by atomic mass is 9.92. The van der Waals surface area contributed by atoms with Crippen LogP contribution in [-0.2, 0) is 4.79 Å². The van der Waals surface area contributed by atoms with E-state index in [1.54, 1.807) is 7.05 Å². The fourth-order valence-corrected chi connectivity index (χ4v) is 5.29.